The van der Waals surface area contributed by atoms with Crippen molar-refractivity contribution in [3.05, 3.63) is 129 Å². The van der Waals surface area contributed by atoms with Crippen molar-refractivity contribution in [2.24, 2.45) is 57.3 Å². The Labute approximate surface area is 658 Å². The van der Waals surface area contributed by atoms with Crippen LogP contribution in [-0.4, -0.2) is 296 Å². The smallest absolute Gasteiger partial charge is 0.310 e. The average Bonchev–Trinajstić information content (AvgIpc) is 1.57. The fourth-order valence-electron chi connectivity index (χ4n) is 15.0. The van der Waals surface area contributed by atoms with Crippen LogP contribution in [0, 0.1) is 13.8 Å². The van der Waals surface area contributed by atoms with Crippen molar-refractivity contribution < 1.29 is 122 Å². The molecule has 4 saturated heterocycles. The number of rotatable bonds is 21. The number of hydrogen-bond donors (Lipinski definition) is 20. The summed E-state index contributed by atoms with van der Waals surface area (Å²) in [5.41, 5.74) is 64.8. The van der Waals surface area contributed by atoms with Crippen LogP contribution < -0.4 is 66.8 Å². The van der Waals surface area contributed by atoms with E-state index in [1.165, 1.54) is 16.2 Å². The number of hydrogen-bond acceptors (Lipinski definition) is 34. The van der Waals surface area contributed by atoms with E-state index in [0.29, 0.717) is 77.0 Å². The maximum absolute atomic E-state index is 13.7. The van der Waals surface area contributed by atoms with Crippen LogP contribution in [0.2, 0.25) is 10.0 Å². The van der Waals surface area contributed by atoms with Crippen LogP contribution in [-0.2, 0) is 65.1 Å². The summed E-state index contributed by atoms with van der Waals surface area (Å²) in [5.74, 6) is -1.12. The lowest BCUT2D eigenvalue weighted by molar-refractivity contribution is -0.315. The molecule has 6 aliphatic rings. The Balaban J connectivity index is 0.000000199. The molecule has 2 aromatic heterocycles. The molecule has 30 N–H and O–H groups in total. The fourth-order valence-corrected chi connectivity index (χ4v) is 15.2. The van der Waals surface area contributed by atoms with Crippen molar-refractivity contribution in [3.8, 4) is 11.5 Å². The summed E-state index contributed by atoms with van der Waals surface area (Å²) in [6.07, 6.45) is -23.3. The van der Waals surface area contributed by atoms with E-state index < -0.39 is 196 Å². The van der Waals surface area contributed by atoms with Crippen molar-refractivity contribution in [1.82, 2.24) is 9.13 Å². The Morgan fingerprint density at radius 1 is 0.460 bits per heavy atom. The van der Waals surface area contributed by atoms with Gasteiger partial charge in [-0.1, -0.05) is 23.2 Å². The second-order valence-electron chi connectivity index (χ2n) is 29.0. The van der Waals surface area contributed by atoms with Crippen molar-refractivity contribution in [1.29, 1.82) is 0 Å². The van der Waals surface area contributed by atoms with Crippen LogP contribution >= 0.6 is 23.2 Å². The number of carbonyl (C=O) groups is 4. The SMILES string of the molecule is COc1ccc2c(c1)c(CC(=O)O)c(C)n2C(=O)c1ccc(Cl)cc1.COc1ccc2c(c1)c(CC(=O)OC[C@H]1O[C@H](O[C@@H]3[C@@H](O)[C@H](O[C@H]4O[C@H](CN)[C@@H](O)C[C@H]4N)[C@@H](N)C[C@H]3N)[C@H](O)[C@@H](N)[C@@H]1O)c(C)n2C(=O)c1ccc(Cl)cc1.NC[C@H]1O[C@H](O[C@H]2[C@H](O)[C@@H](O[C@H]3O[C@H](CO)[C@@H](O)[C@H](N)[C@H]3O)[C@H](N)C[C@@H]2N)[C@H](N)C[C@@H]1O. The first-order valence-electron chi connectivity index (χ1n) is 36.7. The van der Waals surface area contributed by atoms with Gasteiger partial charge in [-0.3, -0.25) is 28.3 Å². The molecule has 6 aromatic rings. The van der Waals surface area contributed by atoms with Gasteiger partial charge in [0.15, 0.2) is 25.2 Å². The van der Waals surface area contributed by atoms with Gasteiger partial charge >= 0.3 is 11.9 Å². The van der Waals surface area contributed by atoms with Crippen LogP contribution in [0.15, 0.2) is 84.9 Å². The molecule has 6 fully saturated rings. The Bertz CT molecular complexity index is 4210. The van der Waals surface area contributed by atoms with Crippen molar-refractivity contribution >= 4 is 68.8 Å². The van der Waals surface area contributed by atoms with Gasteiger partial charge in [-0.2, -0.15) is 0 Å². The van der Waals surface area contributed by atoms with E-state index in [0.717, 1.165) is 0 Å². The number of nitrogens with two attached hydrogens (primary N) is 10. The quantitative estimate of drug-likeness (QED) is 0.0303. The molecule has 0 radical (unpaired) electrons. The molecular weight excluding hydrogens is 1530 g/mol. The molecule has 12 rings (SSSR count). The summed E-state index contributed by atoms with van der Waals surface area (Å²) >= 11 is 11.9. The number of fused-ring (bicyclic) bond motifs is 2. The molecule has 39 heteroatoms. The highest BCUT2D eigenvalue weighted by Crippen LogP contribution is 2.37. The number of carboxylic acid groups (broad SMARTS) is 1. The summed E-state index contributed by atoms with van der Waals surface area (Å²) < 4.78 is 65.7. The molecule has 624 valence electrons. The van der Waals surface area contributed by atoms with Crippen molar-refractivity contribution in [2.75, 3.05) is 40.5 Å². The first kappa shape index (κ1) is 88.7. The largest absolute Gasteiger partial charge is 0.497 e. The number of carboxylic acids is 1. The minimum Gasteiger partial charge on any atom is -0.497 e. The molecule has 2 saturated carbocycles. The van der Waals surface area contributed by atoms with Crippen LogP contribution in [0.4, 0.5) is 0 Å². The Hall–Kier alpha value is -6.66. The zero-order chi connectivity index (χ0) is 82.5. The summed E-state index contributed by atoms with van der Waals surface area (Å²) in [6.45, 7) is 2.48. The number of ether oxygens (including phenoxy) is 11. The van der Waals surface area contributed by atoms with Gasteiger partial charge in [-0.25, -0.2) is 0 Å². The molecule has 0 bridgehead atoms. The highest BCUT2D eigenvalue weighted by Gasteiger charge is 2.53. The van der Waals surface area contributed by atoms with Crippen molar-refractivity contribution in [3.63, 3.8) is 0 Å². The van der Waals surface area contributed by atoms with E-state index in [2.05, 4.69) is 0 Å². The Morgan fingerprint density at radius 3 is 1.18 bits per heavy atom. The minimum atomic E-state index is -1.59. The predicted molar refractivity (Wildman–Crippen MR) is 404 cm³/mol. The van der Waals surface area contributed by atoms with Crippen LogP contribution in [0.1, 0.15) is 68.9 Å². The lowest BCUT2D eigenvalue weighted by Crippen LogP contribution is -2.68. The van der Waals surface area contributed by atoms with E-state index in [9.17, 15) is 70.2 Å². The van der Waals surface area contributed by atoms with Gasteiger partial charge in [-0.05, 0) is 136 Å². The lowest BCUT2D eigenvalue weighted by Gasteiger charge is -2.47. The monoisotopic (exact) mass is 1630 g/mol. The topological polar surface area (TPSA) is 642 Å². The molecule has 113 heavy (non-hydrogen) atoms. The van der Waals surface area contributed by atoms with Gasteiger partial charge in [0, 0.05) is 80.6 Å². The zero-order valence-corrected chi connectivity index (χ0v) is 63.9. The minimum absolute atomic E-state index is 0.00848. The van der Waals surface area contributed by atoms with E-state index in [-0.39, 0.29) is 63.4 Å². The number of esters is 1. The van der Waals surface area contributed by atoms with E-state index in [4.69, 9.17) is 133 Å². The summed E-state index contributed by atoms with van der Waals surface area (Å²) in [5, 5.41) is 106. The van der Waals surface area contributed by atoms with E-state index in [1.807, 2.05) is 0 Å². The number of methoxy groups -OCH3 is 2. The molecule has 37 nitrogen and oxygen atoms in total. The summed E-state index contributed by atoms with van der Waals surface area (Å²) in [6, 6.07) is 16.5. The number of benzene rings is 4. The third kappa shape index (κ3) is 19.8. The molecule has 0 spiro atoms. The molecule has 4 aliphatic heterocycles. The third-order valence-corrected chi connectivity index (χ3v) is 21.9. The first-order chi connectivity index (χ1) is 53.6. The molecular formula is C74H104Cl2N12O25. The van der Waals surface area contributed by atoms with Gasteiger partial charge in [0.2, 0.25) is 0 Å². The Kier molecular flexibility index (Phi) is 30.3. The molecule has 4 aromatic carbocycles. The Morgan fingerprint density at radius 2 is 0.814 bits per heavy atom. The van der Waals surface area contributed by atoms with Crippen LogP contribution in [0.5, 0.6) is 11.5 Å². The number of aliphatic carboxylic acids is 1. The molecule has 6 heterocycles. The van der Waals surface area contributed by atoms with Gasteiger partial charge in [-0.15, -0.1) is 0 Å². The normalized spacial score (nSPS) is 34.7. The highest BCUT2D eigenvalue weighted by atomic mass is 35.5. The average molecular weight is 1630 g/mol. The van der Waals surface area contributed by atoms with Gasteiger partial charge < -0.3 is 161 Å². The molecule has 0 amide bonds. The fraction of sp³-hybridized carbons (Fsp3) is 0.568. The van der Waals surface area contributed by atoms with Crippen LogP contribution in [0.25, 0.3) is 21.8 Å². The van der Waals surface area contributed by atoms with Gasteiger partial charge in [0.25, 0.3) is 11.8 Å². The number of halogens is 2. The maximum atomic E-state index is 13.7. The third-order valence-electron chi connectivity index (χ3n) is 21.4. The second-order valence-corrected chi connectivity index (χ2v) is 29.9. The number of aliphatic hydroxyl groups is 9. The van der Waals surface area contributed by atoms with Crippen molar-refractivity contribution in [2.45, 2.75) is 224 Å². The first-order valence-corrected chi connectivity index (χ1v) is 37.5. The summed E-state index contributed by atoms with van der Waals surface area (Å²) in [7, 11) is 3.04. The lowest BCUT2D eigenvalue weighted by atomic mass is 9.84. The standard InChI is InChI=1S/C37H51ClN6O12.C19H16ClNO4.C18H37N5O9/c1-15-19(20-9-18(51-2)7-8-24(20)44(15)35(50)16-3-5-17(38)6-4-16)10-28(46)52-14-27-30(47)29(43)31(48)37(54-27)56-34-22(41)11-21(40)33(32(34)49)55-36-23(42)12-25(45)26(13-39)53-36;1-11-15(10-18(22)23)16-9-14(25-2)7-8-17(16)21(11)19(24)12-3-5-13(20)6-4-12;19-3-9-8(25)2-7(22)17(29-9)31-15-5(20)1-6(21)16(14(15)28)32-18-13(27)11(23)12(26)10(4-24)30-18/h3-9,21-23,25-27,29-34,36-37,45,47-49H,10-14,39-43H2,1-2H3;3-9H,10H2,1-2H3,(H,22,23);5-18,24-28H,1-4,19-23H2/t21-,22+,23+,25-,26+,27+,29-,30+,31+,32-,33+,34-,36+,37+;;5-,6+,7+,8-,9+,10+,11-,12+,13+,14-,15+,16-,17+,18+/m0.0/s1. The van der Waals surface area contributed by atoms with E-state index in [1.54, 1.807) is 106 Å². The predicted octanol–water partition coefficient (Wildman–Crippen LogP) is -4.26. The number of nitrogens with zero attached hydrogens (tertiary/aromatic N) is 2. The summed E-state index contributed by atoms with van der Waals surface area (Å²) in [4.78, 5) is 51.3. The van der Waals surface area contributed by atoms with Gasteiger partial charge in [0.1, 0.15) is 91.4 Å². The molecule has 28 atom stereocenters. The zero-order valence-electron chi connectivity index (χ0n) is 62.3. The number of aliphatic hydroxyl groups excluding tert-OH is 9. The van der Waals surface area contributed by atoms with Crippen LogP contribution in [0.3, 0.4) is 0 Å². The maximum Gasteiger partial charge on any atom is 0.310 e. The number of carbonyl (C=O) groups excluding carboxylic acids is 3. The molecule has 2 aliphatic carbocycles. The molecule has 0 unspecified atom stereocenters. The highest BCUT2D eigenvalue weighted by molar-refractivity contribution is 6.31. The second kappa shape index (κ2) is 38.6. The number of aromatic nitrogens is 2. The van der Waals surface area contributed by atoms with Gasteiger partial charge in [0.05, 0.1) is 93.3 Å². The van der Waals surface area contributed by atoms with E-state index >= 15 is 0 Å².